The van der Waals surface area contributed by atoms with Crippen LogP contribution in [0.2, 0.25) is 0 Å². The Hall–Kier alpha value is -5.07. The number of amides is 6. The van der Waals surface area contributed by atoms with Gasteiger partial charge in [-0.1, -0.05) is 168 Å². The first-order chi connectivity index (χ1) is 45.4. The van der Waals surface area contributed by atoms with E-state index in [2.05, 4.69) is 45.7 Å². The molecule has 0 aliphatic carbocycles. The molecule has 0 bridgehead atoms. The van der Waals surface area contributed by atoms with Crippen LogP contribution in [0.15, 0.2) is 0 Å². The van der Waals surface area contributed by atoms with E-state index in [0.29, 0.717) is 12.8 Å². The summed E-state index contributed by atoms with van der Waals surface area (Å²) in [6.45, 7) is 26.2. The fourth-order valence-electron chi connectivity index (χ4n) is 10.4. The molecule has 24 heteroatoms. The van der Waals surface area contributed by atoms with Crippen LogP contribution < -0.4 is 37.6 Å². The van der Waals surface area contributed by atoms with Crippen LogP contribution in [0, 0.1) is 0 Å². The molecule has 0 heterocycles. The van der Waals surface area contributed by atoms with Gasteiger partial charge in [0.15, 0.2) is 6.04 Å². The fourth-order valence-corrected chi connectivity index (χ4v) is 11.4. The standard InChI is InChI=1S/C73H135N7O16S/c1-17-19-21-23-25-27-29-31-33-35-37-39-41-43-61(84)91-50-55(92-62(85)44-42-40-38-36-34-32-30-28-26-24-22-20-18-2)51-97-52-56(74)66(87)77-48-59(82)75-47-58(81)76-49-60(83)78-57(45-46-63(86)95-72(11,12)13)67(88)79-64(53(3)93-70(5,6)7)68(89)80-65(54(4)94-71(8,9)10)69(90)96-73(14,15)16/h53-57,64-65H,17-52,74H2,1-16H3,(H,75,82)(H,76,81)(H,77,87)(H,78,83)(H,79,88)(H,80,89)/t53-,54-,55-,56+,57+,64+,65+/m1/s1. The van der Waals surface area contributed by atoms with Crippen molar-refractivity contribution in [2.24, 2.45) is 5.73 Å². The van der Waals surface area contributed by atoms with Crippen molar-refractivity contribution in [3.8, 4) is 0 Å². The summed E-state index contributed by atoms with van der Waals surface area (Å²) in [6, 6.07) is -5.41. The molecule has 0 aliphatic heterocycles. The van der Waals surface area contributed by atoms with Crippen LogP contribution in [-0.2, 0) is 76.4 Å². The second-order valence-electron chi connectivity index (χ2n) is 29.8. The lowest BCUT2D eigenvalue weighted by Gasteiger charge is -2.35. The van der Waals surface area contributed by atoms with E-state index in [1.165, 1.54) is 127 Å². The second kappa shape index (κ2) is 52.0. The summed E-state index contributed by atoms with van der Waals surface area (Å²) in [6.07, 6.45) is 27.9. The van der Waals surface area contributed by atoms with Crippen LogP contribution in [0.25, 0.3) is 0 Å². The largest absolute Gasteiger partial charge is 0.462 e. The van der Waals surface area contributed by atoms with Crippen LogP contribution in [0.4, 0.5) is 0 Å². The minimum Gasteiger partial charge on any atom is -0.462 e. The van der Waals surface area contributed by atoms with Gasteiger partial charge in [0, 0.05) is 30.8 Å². The van der Waals surface area contributed by atoms with Crippen molar-refractivity contribution >= 4 is 71.1 Å². The Morgan fingerprint density at radius 3 is 1.23 bits per heavy atom. The number of carbonyl (C=O) groups excluding carboxylic acids is 10. The van der Waals surface area contributed by atoms with Crippen molar-refractivity contribution in [2.75, 3.05) is 37.7 Å². The Kier molecular flexibility index (Phi) is 49.3. The maximum absolute atomic E-state index is 14.3. The molecule has 6 amide bonds. The first-order valence-electron chi connectivity index (χ1n) is 36.7. The van der Waals surface area contributed by atoms with E-state index in [-0.39, 0.29) is 55.7 Å². The van der Waals surface area contributed by atoms with E-state index in [9.17, 15) is 47.9 Å². The molecule has 23 nitrogen and oxygen atoms in total. The summed E-state index contributed by atoms with van der Waals surface area (Å²) in [4.78, 5) is 133. The quantitative estimate of drug-likeness (QED) is 0.0169. The highest BCUT2D eigenvalue weighted by molar-refractivity contribution is 7.99. The lowest BCUT2D eigenvalue weighted by molar-refractivity contribution is -0.167. The van der Waals surface area contributed by atoms with Gasteiger partial charge in [-0.2, -0.15) is 11.8 Å². The average Bonchev–Trinajstić information content (AvgIpc) is 0.839. The lowest BCUT2D eigenvalue weighted by Crippen LogP contribution is -2.62. The molecule has 97 heavy (non-hydrogen) atoms. The van der Waals surface area contributed by atoms with E-state index in [0.717, 1.165) is 38.5 Å². The number of nitrogens with one attached hydrogen (secondary N) is 6. The molecule has 0 fully saturated rings. The Balaban J connectivity index is 5.67. The number of thioether (sulfide) groups is 1. The summed E-state index contributed by atoms with van der Waals surface area (Å²) in [5.74, 6) is -6.81. The van der Waals surface area contributed by atoms with Gasteiger partial charge in [0.1, 0.15) is 36.0 Å². The predicted octanol–water partition coefficient (Wildman–Crippen LogP) is 11.1. The van der Waals surface area contributed by atoms with E-state index in [4.69, 9.17) is 34.2 Å². The molecule has 0 saturated carbocycles. The number of ether oxygens (including phenoxy) is 6. The number of nitrogens with two attached hydrogens (primary N) is 1. The molecule has 0 radical (unpaired) electrons. The predicted molar refractivity (Wildman–Crippen MR) is 383 cm³/mol. The Morgan fingerprint density at radius 1 is 0.402 bits per heavy atom. The number of esters is 4. The zero-order chi connectivity index (χ0) is 73.5. The van der Waals surface area contributed by atoms with Crippen molar-refractivity contribution in [1.29, 1.82) is 0 Å². The van der Waals surface area contributed by atoms with Crippen LogP contribution in [0.1, 0.15) is 303 Å². The minimum atomic E-state index is -1.49. The van der Waals surface area contributed by atoms with Crippen LogP contribution in [-0.4, -0.2) is 162 Å². The third kappa shape index (κ3) is 53.5. The van der Waals surface area contributed by atoms with Gasteiger partial charge >= 0.3 is 23.9 Å². The van der Waals surface area contributed by atoms with Gasteiger partial charge < -0.3 is 66.1 Å². The smallest absolute Gasteiger partial charge is 0.331 e. The Labute approximate surface area is 588 Å². The number of rotatable bonds is 55. The first kappa shape index (κ1) is 91.9. The minimum absolute atomic E-state index is 0.0746. The molecule has 0 aromatic carbocycles. The Bertz CT molecular complexity index is 2260. The van der Waals surface area contributed by atoms with E-state index in [1.54, 1.807) is 96.9 Å². The average molecular weight is 1400 g/mol. The first-order valence-corrected chi connectivity index (χ1v) is 37.8. The zero-order valence-electron chi connectivity index (χ0n) is 63.0. The summed E-state index contributed by atoms with van der Waals surface area (Å²) >= 11 is 1.23. The second-order valence-corrected chi connectivity index (χ2v) is 30.9. The molecule has 0 spiro atoms. The highest BCUT2D eigenvalue weighted by Gasteiger charge is 2.39. The SMILES string of the molecule is CCCCCCCCCCCCCCCC(=O)OC[C@H](CSC[C@H](N)C(=O)NCC(=O)NCC(=O)NCC(=O)N[C@@H](CCC(=O)OC(C)(C)C)C(=O)N[C@H](C(=O)N[C@H](C(=O)OC(C)(C)C)[C@@H](C)OC(C)(C)C)[C@@H](C)OC(C)(C)C)OC(=O)CCCCCCCCCCCCCCC. The molecule has 0 saturated heterocycles. The van der Waals surface area contributed by atoms with Crippen molar-refractivity contribution in [3.05, 3.63) is 0 Å². The van der Waals surface area contributed by atoms with Gasteiger partial charge in [0.2, 0.25) is 35.4 Å². The summed E-state index contributed by atoms with van der Waals surface area (Å²) in [5, 5.41) is 15.0. The normalized spacial score (nSPS) is 14.1. The monoisotopic (exact) mass is 1400 g/mol. The third-order valence-electron chi connectivity index (χ3n) is 15.2. The fraction of sp³-hybridized carbons (Fsp3) is 0.863. The van der Waals surface area contributed by atoms with Crippen molar-refractivity contribution in [2.45, 2.75) is 368 Å². The molecule has 7 atom stereocenters. The van der Waals surface area contributed by atoms with Crippen molar-refractivity contribution in [3.63, 3.8) is 0 Å². The number of carbonyl (C=O) groups is 10. The number of hydrogen-bond acceptors (Lipinski definition) is 18. The van der Waals surface area contributed by atoms with E-state index in [1.807, 2.05) is 0 Å². The highest BCUT2D eigenvalue weighted by Crippen LogP contribution is 2.21. The zero-order valence-corrected chi connectivity index (χ0v) is 63.8. The summed E-state index contributed by atoms with van der Waals surface area (Å²) < 4.78 is 34.7. The van der Waals surface area contributed by atoms with Crippen LogP contribution in [0.5, 0.6) is 0 Å². The van der Waals surface area contributed by atoms with Gasteiger partial charge in [0.25, 0.3) is 0 Å². The van der Waals surface area contributed by atoms with E-state index < -0.39 is 132 Å². The number of hydrogen-bond donors (Lipinski definition) is 7. The lowest BCUT2D eigenvalue weighted by atomic mass is 10.0. The maximum Gasteiger partial charge on any atom is 0.331 e. The maximum atomic E-state index is 14.3. The van der Waals surface area contributed by atoms with Gasteiger partial charge in [0.05, 0.1) is 49.1 Å². The van der Waals surface area contributed by atoms with Gasteiger partial charge in [-0.3, -0.25) is 43.2 Å². The molecular weight excluding hydrogens is 1260 g/mol. The molecular formula is C73H135N7O16S. The molecule has 8 N–H and O–H groups in total. The van der Waals surface area contributed by atoms with Gasteiger partial charge in [-0.25, -0.2) is 4.79 Å². The molecule has 0 aromatic heterocycles. The third-order valence-corrected chi connectivity index (χ3v) is 16.4. The van der Waals surface area contributed by atoms with E-state index >= 15 is 0 Å². The van der Waals surface area contributed by atoms with Crippen molar-refractivity contribution in [1.82, 2.24) is 31.9 Å². The molecule has 0 unspecified atom stereocenters. The molecule has 0 aromatic rings. The topological polar surface area (TPSA) is 324 Å². The van der Waals surface area contributed by atoms with Crippen molar-refractivity contribution < 1.29 is 76.4 Å². The Morgan fingerprint density at radius 2 is 0.794 bits per heavy atom. The van der Waals surface area contributed by atoms with Gasteiger partial charge in [-0.15, -0.1) is 0 Å². The van der Waals surface area contributed by atoms with Crippen LogP contribution >= 0.6 is 11.8 Å². The molecule has 564 valence electrons. The van der Waals surface area contributed by atoms with Crippen LogP contribution in [0.3, 0.4) is 0 Å². The molecule has 0 aliphatic rings. The summed E-state index contributed by atoms with van der Waals surface area (Å²) in [7, 11) is 0. The van der Waals surface area contributed by atoms with Gasteiger partial charge in [-0.05, 0) is 116 Å². The number of unbranched alkanes of at least 4 members (excludes halogenated alkanes) is 24. The molecule has 0 rings (SSSR count). The summed E-state index contributed by atoms with van der Waals surface area (Å²) in [5.41, 5.74) is 2.82. The highest BCUT2D eigenvalue weighted by atomic mass is 32.2.